The van der Waals surface area contributed by atoms with Crippen molar-refractivity contribution in [3.63, 3.8) is 0 Å². The van der Waals surface area contributed by atoms with Crippen LogP contribution in [0.5, 0.6) is 0 Å². The highest BCUT2D eigenvalue weighted by molar-refractivity contribution is 5.92. The van der Waals surface area contributed by atoms with Gasteiger partial charge in [0.15, 0.2) is 5.78 Å². The number of ketones is 1. The fourth-order valence-corrected chi connectivity index (χ4v) is 1.73. The standard InChI is InChI=1S/C11H16O4/c1-6-9(13)4-5-10(14)7(2)11(6)15-8(3)12/h4-7,9,11,13H,1-3H3/t6-,7+,9+,11-/m0/s1. The second kappa shape index (κ2) is 4.57. The molecule has 0 spiro atoms. The van der Waals surface area contributed by atoms with Crippen LogP contribution in [0, 0.1) is 11.8 Å². The Morgan fingerprint density at radius 2 is 2.07 bits per heavy atom. The topological polar surface area (TPSA) is 63.6 Å². The number of carbonyl (C=O) groups excluding carboxylic acids is 2. The molecule has 0 aromatic rings. The molecule has 0 heterocycles. The Bertz CT molecular complexity index is 295. The monoisotopic (exact) mass is 212 g/mol. The molecule has 1 aliphatic carbocycles. The molecule has 0 aromatic heterocycles. The average Bonchev–Trinajstić information content (AvgIpc) is 2.25. The molecule has 4 nitrogen and oxygen atoms in total. The van der Waals surface area contributed by atoms with Crippen molar-refractivity contribution in [1.82, 2.24) is 0 Å². The Hall–Kier alpha value is -1.16. The molecule has 0 saturated carbocycles. The van der Waals surface area contributed by atoms with Crippen molar-refractivity contribution < 1.29 is 19.4 Å². The quantitative estimate of drug-likeness (QED) is 0.649. The van der Waals surface area contributed by atoms with Crippen molar-refractivity contribution in [2.75, 3.05) is 0 Å². The molecule has 4 heteroatoms. The van der Waals surface area contributed by atoms with E-state index in [0.29, 0.717) is 0 Å². The van der Waals surface area contributed by atoms with E-state index in [0.717, 1.165) is 0 Å². The molecule has 0 saturated heterocycles. The summed E-state index contributed by atoms with van der Waals surface area (Å²) in [4.78, 5) is 22.4. The van der Waals surface area contributed by atoms with Gasteiger partial charge in [-0.2, -0.15) is 0 Å². The van der Waals surface area contributed by atoms with Gasteiger partial charge in [-0.15, -0.1) is 0 Å². The first kappa shape index (κ1) is 11.9. The summed E-state index contributed by atoms with van der Waals surface area (Å²) in [6.07, 6.45) is 1.51. The van der Waals surface area contributed by atoms with E-state index in [9.17, 15) is 14.7 Å². The van der Waals surface area contributed by atoms with E-state index < -0.39 is 24.1 Å². The number of allylic oxidation sites excluding steroid dienone is 1. The van der Waals surface area contributed by atoms with Gasteiger partial charge in [0, 0.05) is 12.8 Å². The molecule has 4 atom stereocenters. The maximum absolute atomic E-state index is 11.5. The van der Waals surface area contributed by atoms with Crippen LogP contribution in [0.2, 0.25) is 0 Å². The second-order valence-corrected chi connectivity index (χ2v) is 3.97. The smallest absolute Gasteiger partial charge is 0.302 e. The van der Waals surface area contributed by atoms with Gasteiger partial charge in [-0.1, -0.05) is 19.9 Å². The molecule has 0 amide bonds. The minimum atomic E-state index is -0.747. The first-order valence-corrected chi connectivity index (χ1v) is 5.00. The summed E-state index contributed by atoms with van der Waals surface area (Å²) in [6.45, 7) is 4.77. The van der Waals surface area contributed by atoms with Crippen molar-refractivity contribution in [3.8, 4) is 0 Å². The third kappa shape index (κ3) is 2.65. The molecule has 15 heavy (non-hydrogen) atoms. The van der Waals surface area contributed by atoms with Gasteiger partial charge in [-0.05, 0) is 6.08 Å². The molecule has 1 rings (SSSR count). The van der Waals surface area contributed by atoms with Gasteiger partial charge in [-0.25, -0.2) is 0 Å². The maximum atomic E-state index is 11.5. The van der Waals surface area contributed by atoms with E-state index in [1.165, 1.54) is 19.1 Å². The molecule has 0 aromatic carbocycles. The van der Waals surface area contributed by atoms with Crippen molar-refractivity contribution in [3.05, 3.63) is 12.2 Å². The third-order valence-corrected chi connectivity index (χ3v) is 2.76. The predicted molar refractivity (Wildman–Crippen MR) is 54.0 cm³/mol. The summed E-state index contributed by atoms with van der Waals surface area (Å²) in [6, 6.07) is 0. The summed E-state index contributed by atoms with van der Waals surface area (Å²) >= 11 is 0. The van der Waals surface area contributed by atoms with Gasteiger partial charge in [0.05, 0.1) is 12.0 Å². The van der Waals surface area contributed by atoms with Crippen LogP contribution in [0.25, 0.3) is 0 Å². The molecule has 1 N–H and O–H groups in total. The zero-order chi connectivity index (χ0) is 11.6. The molecular formula is C11H16O4. The lowest BCUT2D eigenvalue weighted by atomic mass is 9.90. The highest BCUT2D eigenvalue weighted by Gasteiger charge is 2.35. The van der Waals surface area contributed by atoms with Crippen molar-refractivity contribution in [1.29, 1.82) is 0 Å². The number of esters is 1. The SMILES string of the molecule is CC(=O)O[C@H]1[C@@H](C)[C@H](O)C=CC(=O)[C@H]1C. The van der Waals surface area contributed by atoms with Crippen LogP contribution < -0.4 is 0 Å². The van der Waals surface area contributed by atoms with Gasteiger partial charge in [0.25, 0.3) is 0 Å². The zero-order valence-corrected chi connectivity index (χ0v) is 9.14. The number of hydrogen-bond acceptors (Lipinski definition) is 4. The van der Waals surface area contributed by atoms with Crippen molar-refractivity contribution >= 4 is 11.8 Å². The molecule has 0 bridgehead atoms. The van der Waals surface area contributed by atoms with E-state index >= 15 is 0 Å². The highest BCUT2D eigenvalue weighted by Crippen LogP contribution is 2.25. The van der Waals surface area contributed by atoms with Crippen molar-refractivity contribution in [2.45, 2.75) is 33.0 Å². The zero-order valence-electron chi connectivity index (χ0n) is 9.14. The largest absolute Gasteiger partial charge is 0.461 e. The van der Waals surface area contributed by atoms with Crippen molar-refractivity contribution in [2.24, 2.45) is 11.8 Å². The van der Waals surface area contributed by atoms with Crippen LogP contribution in [0.3, 0.4) is 0 Å². The molecule has 0 radical (unpaired) electrons. The molecule has 1 aliphatic rings. The van der Waals surface area contributed by atoms with Crippen LogP contribution in [-0.2, 0) is 14.3 Å². The fraction of sp³-hybridized carbons (Fsp3) is 0.636. The number of aliphatic hydroxyl groups excluding tert-OH is 1. The molecule has 84 valence electrons. The third-order valence-electron chi connectivity index (χ3n) is 2.76. The number of hydrogen-bond donors (Lipinski definition) is 1. The summed E-state index contributed by atoms with van der Waals surface area (Å²) in [5.74, 6) is -1.23. The van der Waals surface area contributed by atoms with E-state index in [1.807, 2.05) is 0 Å². The van der Waals surface area contributed by atoms with Gasteiger partial charge in [0.1, 0.15) is 6.10 Å². The van der Waals surface area contributed by atoms with E-state index in [1.54, 1.807) is 13.8 Å². The average molecular weight is 212 g/mol. The lowest BCUT2D eigenvalue weighted by Gasteiger charge is -2.27. The van der Waals surface area contributed by atoms with Crippen LogP contribution in [0.4, 0.5) is 0 Å². The van der Waals surface area contributed by atoms with E-state index in [-0.39, 0.29) is 11.7 Å². The molecule has 0 unspecified atom stereocenters. The van der Waals surface area contributed by atoms with Crippen LogP contribution >= 0.6 is 0 Å². The second-order valence-electron chi connectivity index (χ2n) is 3.97. The predicted octanol–water partition coefficient (Wildman–Crippen LogP) is 0.690. The lowest BCUT2D eigenvalue weighted by Crippen LogP contribution is -2.37. The van der Waals surface area contributed by atoms with Crippen LogP contribution in [0.15, 0.2) is 12.2 Å². The number of carbonyl (C=O) groups is 2. The molecule has 0 fully saturated rings. The lowest BCUT2D eigenvalue weighted by molar-refractivity contribution is -0.154. The van der Waals surface area contributed by atoms with Gasteiger partial charge < -0.3 is 9.84 Å². The number of aliphatic hydroxyl groups is 1. The number of ether oxygens (including phenoxy) is 1. The Kier molecular flexibility index (Phi) is 3.63. The highest BCUT2D eigenvalue weighted by atomic mass is 16.5. The Morgan fingerprint density at radius 3 is 2.60 bits per heavy atom. The molecular weight excluding hydrogens is 196 g/mol. The van der Waals surface area contributed by atoms with E-state index in [4.69, 9.17) is 4.74 Å². The van der Waals surface area contributed by atoms with Crippen LogP contribution in [0.1, 0.15) is 20.8 Å². The maximum Gasteiger partial charge on any atom is 0.302 e. The molecule has 0 aliphatic heterocycles. The minimum absolute atomic E-state index is 0.121. The first-order chi connectivity index (χ1) is 6.93. The van der Waals surface area contributed by atoms with Crippen LogP contribution in [-0.4, -0.2) is 29.1 Å². The first-order valence-electron chi connectivity index (χ1n) is 5.00. The Morgan fingerprint density at radius 1 is 1.47 bits per heavy atom. The van der Waals surface area contributed by atoms with Gasteiger partial charge in [0.2, 0.25) is 0 Å². The number of rotatable bonds is 1. The van der Waals surface area contributed by atoms with E-state index in [2.05, 4.69) is 0 Å². The summed E-state index contributed by atoms with van der Waals surface area (Å²) in [5, 5.41) is 9.65. The minimum Gasteiger partial charge on any atom is -0.461 e. The van der Waals surface area contributed by atoms with Gasteiger partial charge in [-0.3, -0.25) is 9.59 Å². The summed E-state index contributed by atoms with van der Waals surface area (Å²) in [7, 11) is 0. The fourth-order valence-electron chi connectivity index (χ4n) is 1.73. The summed E-state index contributed by atoms with van der Waals surface area (Å²) < 4.78 is 5.08. The Labute approximate surface area is 88.9 Å². The normalized spacial score (nSPS) is 36.1. The Balaban J connectivity index is 2.90. The van der Waals surface area contributed by atoms with Gasteiger partial charge >= 0.3 is 5.97 Å². The summed E-state index contributed by atoms with van der Waals surface area (Å²) in [5.41, 5.74) is 0.